The van der Waals surface area contributed by atoms with Gasteiger partial charge in [-0.15, -0.1) is 0 Å². The van der Waals surface area contributed by atoms with Gasteiger partial charge in [0.2, 0.25) is 0 Å². The average molecular weight is 315 g/mol. The van der Waals surface area contributed by atoms with Gasteiger partial charge in [0.25, 0.3) is 0 Å². The number of halogens is 1. The predicted molar refractivity (Wildman–Crippen MR) is 81.0 cm³/mol. The maximum absolute atomic E-state index is 12.1. The van der Waals surface area contributed by atoms with Crippen molar-refractivity contribution in [3.63, 3.8) is 0 Å². The second kappa shape index (κ2) is 6.78. The lowest BCUT2D eigenvalue weighted by Gasteiger charge is -2.28. The Bertz CT molecular complexity index is 540. The minimum absolute atomic E-state index is 0.0292. The number of benzene rings is 1. The third kappa shape index (κ3) is 5.24. The highest BCUT2D eigenvalue weighted by atomic mass is 35.5. The number of aromatic carboxylic acids is 1. The molecule has 7 heteroatoms. The molecule has 0 aliphatic heterocycles. The number of carbonyl (C=O) groups excluding carboxylic acids is 1. The Kier molecular flexibility index (Phi) is 5.57. The number of nitrogens with one attached hydrogen (secondary N) is 1. The van der Waals surface area contributed by atoms with Crippen LogP contribution in [0.15, 0.2) is 18.2 Å². The maximum atomic E-state index is 12.1. The molecule has 2 amide bonds. The second-order valence-corrected chi connectivity index (χ2v) is 5.66. The molecule has 116 valence electrons. The van der Waals surface area contributed by atoms with Gasteiger partial charge >= 0.3 is 12.0 Å². The van der Waals surface area contributed by atoms with Gasteiger partial charge in [-0.25, -0.2) is 9.59 Å². The Morgan fingerprint density at radius 1 is 1.38 bits per heavy atom. The van der Waals surface area contributed by atoms with Crippen LogP contribution in [0, 0.1) is 0 Å². The molecule has 0 aromatic heterocycles. The van der Waals surface area contributed by atoms with Crippen LogP contribution in [0.5, 0.6) is 0 Å². The Labute approximate surface area is 128 Å². The fourth-order valence-electron chi connectivity index (χ4n) is 1.76. The van der Waals surface area contributed by atoms with E-state index in [1.54, 1.807) is 20.8 Å². The van der Waals surface area contributed by atoms with E-state index in [4.69, 9.17) is 16.7 Å². The molecule has 0 heterocycles. The summed E-state index contributed by atoms with van der Waals surface area (Å²) in [7, 11) is 0. The molecule has 6 nitrogen and oxygen atoms in total. The molecular formula is C14H19ClN2O4. The summed E-state index contributed by atoms with van der Waals surface area (Å²) in [6.07, 6.45) is 0. The van der Waals surface area contributed by atoms with E-state index in [0.29, 0.717) is 12.2 Å². The Hall–Kier alpha value is -1.79. The summed E-state index contributed by atoms with van der Waals surface area (Å²) in [5.41, 5.74) is -0.638. The van der Waals surface area contributed by atoms with Gasteiger partial charge in [-0.1, -0.05) is 11.6 Å². The minimum atomic E-state index is -1.13. The van der Waals surface area contributed by atoms with Crippen LogP contribution in [0.1, 0.15) is 31.1 Å². The first kappa shape index (κ1) is 17.3. The number of anilines is 1. The van der Waals surface area contributed by atoms with E-state index in [0.717, 1.165) is 0 Å². The van der Waals surface area contributed by atoms with Gasteiger partial charge in [0.05, 0.1) is 22.7 Å². The molecule has 21 heavy (non-hydrogen) atoms. The molecular weight excluding hydrogens is 296 g/mol. The van der Waals surface area contributed by atoms with Crippen molar-refractivity contribution in [1.82, 2.24) is 4.90 Å². The number of likely N-dealkylation sites (N-methyl/N-ethyl adjacent to an activating group) is 1. The number of hydrogen-bond donors (Lipinski definition) is 3. The van der Waals surface area contributed by atoms with Crippen LogP contribution in [0.2, 0.25) is 5.02 Å². The largest absolute Gasteiger partial charge is 0.478 e. The molecule has 1 aromatic carbocycles. The monoisotopic (exact) mass is 314 g/mol. The van der Waals surface area contributed by atoms with Crippen LogP contribution in [-0.2, 0) is 0 Å². The van der Waals surface area contributed by atoms with E-state index in [1.807, 2.05) is 0 Å². The van der Waals surface area contributed by atoms with Crippen molar-refractivity contribution in [3.05, 3.63) is 28.8 Å². The lowest BCUT2D eigenvalue weighted by atomic mass is 10.1. The molecule has 0 unspecified atom stereocenters. The molecule has 0 radical (unpaired) electrons. The van der Waals surface area contributed by atoms with Gasteiger partial charge in [0.1, 0.15) is 0 Å². The number of hydrogen-bond acceptors (Lipinski definition) is 3. The predicted octanol–water partition coefficient (Wildman–Crippen LogP) is 2.66. The van der Waals surface area contributed by atoms with Crippen LogP contribution in [0.4, 0.5) is 10.5 Å². The van der Waals surface area contributed by atoms with Gasteiger partial charge < -0.3 is 20.4 Å². The van der Waals surface area contributed by atoms with Crippen molar-refractivity contribution in [2.45, 2.75) is 26.4 Å². The van der Waals surface area contributed by atoms with Crippen molar-refractivity contribution < 1.29 is 19.8 Å². The molecule has 0 atom stereocenters. The summed E-state index contributed by atoms with van der Waals surface area (Å²) >= 11 is 5.84. The number of carboxylic acids is 1. The third-order valence-corrected chi connectivity index (χ3v) is 3.01. The number of amides is 2. The van der Waals surface area contributed by atoms with Crippen molar-refractivity contribution in [2.75, 3.05) is 18.4 Å². The molecule has 0 bridgehead atoms. The van der Waals surface area contributed by atoms with Gasteiger partial charge in [-0.2, -0.15) is 0 Å². The third-order valence-electron chi connectivity index (χ3n) is 2.70. The first-order chi connectivity index (χ1) is 9.64. The quantitative estimate of drug-likeness (QED) is 0.779. The fraction of sp³-hybridized carbons (Fsp3) is 0.429. The molecule has 0 saturated heterocycles. The zero-order valence-electron chi connectivity index (χ0n) is 12.2. The van der Waals surface area contributed by atoms with Gasteiger partial charge in [-0.3, -0.25) is 0 Å². The molecule has 0 fully saturated rings. The zero-order chi connectivity index (χ0) is 16.2. The van der Waals surface area contributed by atoms with E-state index < -0.39 is 17.6 Å². The first-order valence-corrected chi connectivity index (χ1v) is 6.83. The van der Waals surface area contributed by atoms with Crippen LogP contribution in [0.25, 0.3) is 0 Å². The summed E-state index contributed by atoms with van der Waals surface area (Å²) in [4.78, 5) is 24.4. The highest BCUT2D eigenvalue weighted by molar-refractivity contribution is 6.33. The summed E-state index contributed by atoms with van der Waals surface area (Å²) in [6, 6.07) is 3.78. The number of carboxylic acid groups (broad SMARTS) is 1. The maximum Gasteiger partial charge on any atom is 0.337 e. The Morgan fingerprint density at radius 2 is 2.00 bits per heavy atom. The topological polar surface area (TPSA) is 89.9 Å². The fourth-order valence-corrected chi connectivity index (χ4v) is 2.02. The molecule has 3 N–H and O–H groups in total. The van der Waals surface area contributed by atoms with Crippen molar-refractivity contribution >= 4 is 29.3 Å². The zero-order valence-corrected chi connectivity index (χ0v) is 12.9. The summed E-state index contributed by atoms with van der Waals surface area (Å²) < 4.78 is 0. The number of carbonyl (C=O) groups is 2. The highest BCUT2D eigenvalue weighted by Crippen LogP contribution is 2.21. The second-order valence-electron chi connectivity index (χ2n) is 5.26. The summed E-state index contributed by atoms with van der Waals surface area (Å²) in [5.74, 6) is -1.13. The van der Waals surface area contributed by atoms with E-state index in [2.05, 4.69) is 5.32 Å². The molecule has 0 aliphatic rings. The van der Waals surface area contributed by atoms with E-state index >= 15 is 0 Å². The Balaban J connectivity index is 2.82. The SMILES string of the molecule is CCN(CC(C)(C)O)C(=O)Nc1ccc(C(=O)O)c(Cl)c1. The van der Waals surface area contributed by atoms with Crippen molar-refractivity contribution in [1.29, 1.82) is 0 Å². The summed E-state index contributed by atoms with van der Waals surface area (Å²) in [5, 5.41) is 21.3. The standard InChI is InChI=1S/C14H19ClN2O4/c1-4-17(8-14(2,3)21)13(20)16-9-5-6-10(12(18)19)11(15)7-9/h5-7,21H,4,8H2,1-3H3,(H,16,20)(H,18,19). The van der Waals surface area contributed by atoms with Crippen molar-refractivity contribution in [2.24, 2.45) is 0 Å². The van der Waals surface area contributed by atoms with Crippen LogP contribution < -0.4 is 5.32 Å². The number of rotatable bonds is 5. The normalized spacial score (nSPS) is 11.1. The van der Waals surface area contributed by atoms with Crippen LogP contribution in [-0.4, -0.2) is 45.8 Å². The van der Waals surface area contributed by atoms with E-state index in [9.17, 15) is 14.7 Å². The highest BCUT2D eigenvalue weighted by Gasteiger charge is 2.21. The van der Waals surface area contributed by atoms with E-state index in [-0.39, 0.29) is 17.1 Å². The Morgan fingerprint density at radius 3 is 2.43 bits per heavy atom. The first-order valence-electron chi connectivity index (χ1n) is 6.45. The smallest absolute Gasteiger partial charge is 0.337 e. The number of urea groups is 1. The lowest BCUT2D eigenvalue weighted by molar-refractivity contribution is 0.0501. The van der Waals surface area contributed by atoms with Gasteiger partial charge in [0.15, 0.2) is 0 Å². The molecule has 0 spiro atoms. The van der Waals surface area contributed by atoms with Crippen LogP contribution >= 0.6 is 11.6 Å². The molecule has 0 saturated carbocycles. The number of aliphatic hydroxyl groups is 1. The average Bonchev–Trinajstić information content (AvgIpc) is 2.34. The van der Waals surface area contributed by atoms with Crippen molar-refractivity contribution in [3.8, 4) is 0 Å². The lowest BCUT2D eigenvalue weighted by Crippen LogP contribution is -2.44. The minimum Gasteiger partial charge on any atom is -0.478 e. The molecule has 0 aliphatic carbocycles. The van der Waals surface area contributed by atoms with E-state index in [1.165, 1.54) is 23.1 Å². The summed E-state index contributed by atoms with van der Waals surface area (Å²) in [6.45, 7) is 5.63. The molecule has 1 aromatic rings. The number of nitrogens with zero attached hydrogens (tertiary/aromatic N) is 1. The van der Waals surface area contributed by atoms with Crippen LogP contribution in [0.3, 0.4) is 0 Å². The van der Waals surface area contributed by atoms with Gasteiger partial charge in [-0.05, 0) is 39.0 Å². The molecule has 1 rings (SSSR count). The van der Waals surface area contributed by atoms with Gasteiger partial charge in [0, 0.05) is 12.2 Å².